The lowest BCUT2D eigenvalue weighted by atomic mass is 10.1. The van der Waals surface area contributed by atoms with Crippen molar-refractivity contribution in [1.82, 2.24) is 0 Å². The monoisotopic (exact) mass is 420 g/mol. The van der Waals surface area contributed by atoms with Crippen molar-refractivity contribution in [2.24, 2.45) is 0 Å². The Balaban J connectivity index is 1.39. The summed E-state index contributed by atoms with van der Waals surface area (Å²) >= 11 is 0. The molecule has 0 aliphatic carbocycles. The first-order valence-electron chi connectivity index (χ1n) is 10.2. The van der Waals surface area contributed by atoms with Crippen LogP contribution in [0.4, 0.5) is 15.8 Å². The zero-order valence-corrected chi connectivity index (χ0v) is 17.1. The van der Waals surface area contributed by atoms with Gasteiger partial charge in [0.15, 0.2) is 0 Å². The minimum absolute atomic E-state index is 0.144. The molecule has 3 aromatic carbocycles. The Bertz CT molecular complexity index is 1010. The Kier molecular flexibility index (Phi) is 8.31. The zero-order chi connectivity index (χ0) is 21.9. The standard InChI is InChI=1S/C25H25FN2O3/c26-21-10-5-12-23(18-21)28-25(30)20-9-4-11-22(17-20)27-24(29)13-6-15-31-16-14-19-7-2-1-3-8-19/h1-5,7-12,17-18H,6,13-16H2,(H,27,29)(H,28,30). The molecule has 0 atom stereocenters. The summed E-state index contributed by atoms with van der Waals surface area (Å²) in [7, 11) is 0. The molecule has 31 heavy (non-hydrogen) atoms. The molecule has 2 amide bonds. The number of amides is 2. The normalized spacial score (nSPS) is 10.5. The quantitative estimate of drug-likeness (QED) is 0.451. The molecule has 2 N–H and O–H groups in total. The van der Waals surface area contributed by atoms with E-state index in [1.165, 1.54) is 23.8 Å². The summed E-state index contributed by atoms with van der Waals surface area (Å²) in [6.07, 6.45) is 1.78. The van der Waals surface area contributed by atoms with E-state index in [1.54, 1.807) is 30.3 Å². The fourth-order valence-electron chi connectivity index (χ4n) is 3.00. The summed E-state index contributed by atoms with van der Waals surface area (Å²) < 4.78 is 18.9. The van der Waals surface area contributed by atoms with E-state index in [4.69, 9.17) is 4.74 Å². The van der Waals surface area contributed by atoms with E-state index in [1.807, 2.05) is 18.2 Å². The molecular weight excluding hydrogens is 395 g/mol. The zero-order valence-electron chi connectivity index (χ0n) is 17.1. The van der Waals surface area contributed by atoms with Gasteiger partial charge >= 0.3 is 0 Å². The second-order valence-electron chi connectivity index (χ2n) is 7.04. The molecule has 5 nitrogen and oxygen atoms in total. The smallest absolute Gasteiger partial charge is 0.255 e. The summed E-state index contributed by atoms with van der Waals surface area (Å²) in [5, 5.41) is 5.43. The Labute approximate surface area is 181 Å². The number of halogens is 1. The van der Waals surface area contributed by atoms with Gasteiger partial charge in [0.2, 0.25) is 5.91 Å². The molecule has 0 unspecified atom stereocenters. The van der Waals surface area contributed by atoms with Crippen molar-refractivity contribution < 1.29 is 18.7 Å². The third-order valence-corrected chi connectivity index (χ3v) is 4.56. The maximum absolute atomic E-state index is 13.3. The molecule has 160 valence electrons. The average molecular weight is 420 g/mol. The molecule has 0 saturated carbocycles. The molecular formula is C25H25FN2O3. The molecule has 3 rings (SSSR count). The van der Waals surface area contributed by atoms with E-state index in [0.717, 1.165) is 6.42 Å². The highest BCUT2D eigenvalue weighted by molar-refractivity contribution is 6.05. The van der Waals surface area contributed by atoms with Gasteiger partial charge < -0.3 is 15.4 Å². The Hall–Kier alpha value is -3.51. The molecule has 0 bridgehead atoms. The number of carbonyl (C=O) groups is 2. The average Bonchev–Trinajstić information content (AvgIpc) is 2.77. The summed E-state index contributed by atoms with van der Waals surface area (Å²) in [6, 6.07) is 22.4. The maximum atomic E-state index is 13.3. The van der Waals surface area contributed by atoms with Gasteiger partial charge in [0.05, 0.1) is 6.61 Å². The van der Waals surface area contributed by atoms with E-state index >= 15 is 0 Å². The highest BCUT2D eigenvalue weighted by Gasteiger charge is 2.09. The summed E-state index contributed by atoms with van der Waals surface area (Å²) in [6.45, 7) is 1.13. The number of hydrogen-bond donors (Lipinski definition) is 2. The Morgan fingerprint density at radius 1 is 0.806 bits per heavy atom. The highest BCUT2D eigenvalue weighted by atomic mass is 19.1. The number of benzene rings is 3. The molecule has 0 heterocycles. The lowest BCUT2D eigenvalue weighted by molar-refractivity contribution is -0.116. The molecule has 0 radical (unpaired) electrons. The van der Waals surface area contributed by atoms with Crippen LogP contribution in [0.2, 0.25) is 0 Å². The van der Waals surface area contributed by atoms with Crippen LogP contribution < -0.4 is 10.6 Å². The van der Waals surface area contributed by atoms with Crippen molar-refractivity contribution in [2.75, 3.05) is 23.8 Å². The van der Waals surface area contributed by atoms with Gasteiger partial charge in [0, 0.05) is 30.0 Å². The van der Waals surface area contributed by atoms with Gasteiger partial charge in [-0.2, -0.15) is 0 Å². The van der Waals surface area contributed by atoms with Crippen LogP contribution >= 0.6 is 0 Å². The van der Waals surface area contributed by atoms with Crippen LogP contribution in [0.1, 0.15) is 28.8 Å². The Morgan fingerprint density at radius 3 is 2.32 bits per heavy atom. The van der Waals surface area contributed by atoms with Gasteiger partial charge in [-0.3, -0.25) is 9.59 Å². The van der Waals surface area contributed by atoms with E-state index in [2.05, 4.69) is 22.8 Å². The van der Waals surface area contributed by atoms with Gasteiger partial charge in [-0.25, -0.2) is 4.39 Å². The minimum atomic E-state index is -0.428. The molecule has 0 spiro atoms. The third-order valence-electron chi connectivity index (χ3n) is 4.56. The van der Waals surface area contributed by atoms with Gasteiger partial charge in [0.1, 0.15) is 5.82 Å². The first-order chi connectivity index (χ1) is 15.1. The molecule has 0 saturated heterocycles. The van der Waals surface area contributed by atoms with E-state index in [0.29, 0.717) is 43.0 Å². The van der Waals surface area contributed by atoms with Crippen molar-refractivity contribution in [3.8, 4) is 0 Å². The molecule has 6 heteroatoms. The van der Waals surface area contributed by atoms with E-state index < -0.39 is 5.82 Å². The number of rotatable bonds is 10. The predicted octanol–water partition coefficient (Wildman–Crippen LogP) is 5.06. The Morgan fingerprint density at radius 2 is 1.55 bits per heavy atom. The van der Waals surface area contributed by atoms with Crippen LogP contribution in [-0.2, 0) is 16.0 Å². The lowest BCUT2D eigenvalue weighted by Crippen LogP contribution is -2.15. The largest absolute Gasteiger partial charge is 0.381 e. The molecule has 0 aliphatic rings. The molecule has 0 aromatic heterocycles. The van der Waals surface area contributed by atoms with Gasteiger partial charge in [-0.15, -0.1) is 0 Å². The van der Waals surface area contributed by atoms with Crippen molar-refractivity contribution in [1.29, 1.82) is 0 Å². The number of nitrogens with one attached hydrogen (secondary N) is 2. The first kappa shape index (κ1) is 22.2. The van der Waals surface area contributed by atoms with Crippen molar-refractivity contribution in [2.45, 2.75) is 19.3 Å². The van der Waals surface area contributed by atoms with E-state index in [-0.39, 0.29) is 11.8 Å². The number of hydrogen-bond acceptors (Lipinski definition) is 3. The minimum Gasteiger partial charge on any atom is -0.381 e. The fraction of sp³-hybridized carbons (Fsp3) is 0.200. The highest BCUT2D eigenvalue weighted by Crippen LogP contribution is 2.15. The van der Waals surface area contributed by atoms with Crippen molar-refractivity contribution in [3.63, 3.8) is 0 Å². The van der Waals surface area contributed by atoms with Gasteiger partial charge in [-0.1, -0.05) is 42.5 Å². The maximum Gasteiger partial charge on any atom is 0.255 e. The number of anilines is 2. The van der Waals surface area contributed by atoms with Crippen LogP contribution in [0, 0.1) is 5.82 Å². The molecule has 3 aromatic rings. The fourth-order valence-corrected chi connectivity index (χ4v) is 3.00. The number of ether oxygens (including phenoxy) is 1. The predicted molar refractivity (Wildman–Crippen MR) is 120 cm³/mol. The lowest BCUT2D eigenvalue weighted by Gasteiger charge is -2.09. The van der Waals surface area contributed by atoms with Gasteiger partial charge in [0.25, 0.3) is 5.91 Å². The third kappa shape index (κ3) is 7.68. The molecule has 0 fully saturated rings. The summed E-state index contributed by atoms with van der Waals surface area (Å²) in [4.78, 5) is 24.5. The first-order valence-corrected chi connectivity index (χ1v) is 10.2. The summed E-state index contributed by atoms with van der Waals surface area (Å²) in [5.41, 5.74) is 2.49. The topological polar surface area (TPSA) is 67.4 Å². The van der Waals surface area contributed by atoms with Crippen LogP contribution in [-0.4, -0.2) is 25.0 Å². The van der Waals surface area contributed by atoms with Crippen LogP contribution in [0.25, 0.3) is 0 Å². The SMILES string of the molecule is O=C(CCCOCCc1ccccc1)Nc1cccc(C(=O)Nc2cccc(F)c2)c1. The van der Waals surface area contributed by atoms with Crippen LogP contribution in [0.15, 0.2) is 78.9 Å². The van der Waals surface area contributed by atoms with Crippen molar-refractivity contribution in [3.05, 3.63) is 95.8 Å². The summed E-state index contributed by atoms with van der Waals surface area (Å²) in [5.74, 6) is -0.953. The van der Waals surface area contributed by atoms with Gasteiger partial charge in [-0.05, 0) is 54.8 Å². The number of carbonyl (C=O) groups excluding carboxylic acids is 2. The van der Waals surface area contributed by atoms with Crippen molar-refractivity contribution >= 4 is 23.2 Å². The second kappa shape index (κ2) is 11.6. The van der Waals surface area contributed by atoms with Crippen LogP contribution in [0.3, 0.4) is 0 Å². The second-order valence-corrected chi connectivity index (χ2v) is 7.04. The molecule has 0 aliphatic heterocycles. The van der Waals surface area contributed by atoms with Crippen LogP contribution in [0.5, 0.6) is 0 Å². The van der Waals surface area contributed by atoms with E-state index in [9.17, 15) is 14.0 Å².